The van der Waals surface area contributed by atoms with Crippen LogP contribution in [0.5, 0.6) is 0 Å². The summed E-state index contributed by atoms with van der Waals surface area (Å²) in [6.07, 6.45) is 2.62. The molecule has 0 spiro atoms. The second kappa shape index (κ2) is 7.66. The topological polar surface area (TPSA) is 71.5 Å². The smallest absolute Gasteiger partial charge is 0.341 e. The van der Waals surface area contributed by atoms with E-state index in [1.807, 2.05) is 6.92 Å². The van der Waals surface area contributed by atoms with Gasteiger partial charge in [0.1, 0.15) is 11.4 Å². The summed E-state index contributed by atoms with van der Waals surface area (Å²) < 4.78 is 4.95. The maximum Gasteiger partial charge on any atom is 0.341 e. The highest BCUT2D eigenvalue weighted by atomic mass is 16.5. The van der Waals surface area contributed by atoms with Crippen molar-refractivity contribution in [2.75, 3.05) is 18.5 Å². The number of rotatable bonds is 7. The van der Waals surface area contributed by atoms with Crippen LogP contribution in [0.2, 0.25) is 0 Å². The van der Waals surface area contributed by atoms with Gasteiger partial charge in [0.25, 0.3) is 0 Å². The highest BCUT2D eigenvalue weighted by molar-refractivity contribution is 5.94. The standard InChI is InChI=1S/C13H20N2O3/c1-3-10(16)7-9-15-12-11(6-5-8-14-12)13(17)18-4-2/h5-6,8,10,16H,3-4,7,9H2,1-2H3,(H,14,15). The molecule has 2 N–H and O–H groups in total. The zero-order valence-electron chi connectivity index (χ0n) is 10.8. The van der Waals surface area contributed by atoms with Crippen LogP contribution in [0.4, 0.5) is 5.82 Å². The molecular formula is C13H20N2O3. The lowest BCUT2D eigenvalue weighted by Gasteiger charge is -2.11. The predicted molar refractivity (Wildman–Crippen MR) is 69.6 cm³/mol. The van der Waals surface area contributed by atoms with Gasteiger partial charge < -0.3 is 15.2 Å². The molecule has 0 aliphatic carbocycles. The highest BCUT2D eigenvalue weighted by Gasteiger charge is 2.12. The van der Waals surface area contributed by atoms with E-state index in [1.54, 1.807) is 25.3 Å². The molecule has 1 aromatic heterocycles. The van der Waals surface area contributed by atoms with Crippen molar-refractivity contribution in [2.45, 2.75) is 32.8 Å². The van der Waals surface area contributed by atoms with Gasteiger partial charge in [-0.3, -0.25) is 0 Å². The number of esters is 1. The number of nitrogens with one attached hydrogen (secondary N) is 1. The Labute approximate surface area is 107 Å². The van der Waals surface area contributed by atoms with Crippen LogP contribution in [0.1, 0.15) is 37.0 Å². The van der Waals surface area contributed by atoms with Crippen molar-refractivity contribution in [1.29, 1.82) is 0 Å². The number of hydrogen-bond donors (Lipinski definition) is 2. The summed E-state index contributed by atoms with van der Waals surface area (Å²) in [5.41, 5.74) is 0.422. The average molecular weight is 252 g/mol. The molecule has 1 heterocycles. The van der Waals surface area contributed by atoms with E-state index in [1.165, 1.54) is 0 Å². The predicted octanol–water partition coefficient (Wildman–Crippen LogP) is 1.83. The van der Waals surface area contributed by atoms with Crippen LogP contribution in [-0.4, -0.2) is 35.3 Å². The van der Waals surface area contributed by atoms with Crippen molar-refractivity contribution in [3.63, 3.8) is 0 Å². The van der Waals surface area contributed by atoms with Crippen molar-refractivity contribution < 1.29 is 14.6 Å². The molecule has 1 unspecified atom stereocenters. The second-order valence-electron chi connectivity index (χ2n) is 3.90. The lowest BCUT2D eigenvalue weighted by Crippen LogP contribution is -2.15. The van der Waals surface area contributed by atoms with Crippen LogP contribution in [-0.2, 0) is 4.74 Å². The minimum atomic E-state index is -0.385. The fraction of sp³-hybridized carbons (Fsp3) is 0.538. The Morgan fingerprint density at radius 2 is 2.33 bits per heavy atom. The second-order valence-corrected chi connectivity index (χ2v) is 3.90. The number of pyridine rings is 1. The first kappa shape index (κ1) is 14.4. The maximum absolute atomic E-state index is 11.7. The summed E-state index contributed by atoms with van der Waals surface area (Å²) in [5, 5.41) is 12.5. The molecule has 5 heteroatoms. The van der Waals surface area contributed by atoms with Crippen molar-refractivity contribution in [1.82, 2.24) is 4.98 Å². The Bertz CT molecular complexity index is 382. The summed E-state index contributed by atoms with van der Waals surface area (Å²) in [4.78, 5) is 15.8. The number of anilines is 1. The molecule has 1 aromatic rings. The van der Waals surface area contributed by atoms with Crippen molar-refractivity contribution in [3.05, 3.63) is 23.9 Å². The van der Waals surface area contributed by atoms with E-state index >= 15 is 0 Å². The first-order valence-corrected chi connectivity index (χ1v) is 6.23. The Morgan fingerprint density at radius 3 is 3.00 bits per heavy atom. The number of aromatic nitrogens is 1. The van der Waals surface area contributed by atoms with Crippen molar-refractivity contribution in [2.24, 2.45) is 0 Å². The summed E-state index contributed by atoms with van der Waals surface area (Å²) in [6, 6.07) is 3.36. The quantitative estimate of drug-likeness (QED) is 0.724. The average Bonchev–Trinajstić information content (AvgIpc) is 2.39. The van der Waals surface area contributed by atoms with Crippen LogP contribution >= 0.6 is 0 Å². The summed E-state index contributed by atoms with van der Waals surface area (Å²) in [7, 11) is 0. The van der Waals surface area contributed by atoms with Gasteiger partial charge in [-0.05, 0) is 31.9 Å². The van der Waals surface area contributed by atoms with E-state index in [2.05, 4.69) is 10.3 Å². The van der Waals surface area contributed by atoms with Crippen LogP contribution < -0.4 is 5.32 Å². The number of ether oxygens (including phenoxy) is 1. The van der Waals surface area contributed by atoms with Gasteiger partial charge in [-0.1, -0.05) is 6.92 Å². The lowest BCUT2D eigenvalue weighted by molar-refractivity contribution is 0.0527. The molecule has 100 valence electrons. The van der Waals surface area contributed by atoms with Gasteiger partial charge in [0.15, 0.2) is 0 Å². The summed E-state index contributed by atoms with van der Waals surface area (Å²) in [5.74, 6) is 0.114. The third-order valence-electron chi connectivity index (χ3n) is 2.54. The molecule has 5 nitrogen and oxygen atoms in total. The Morgan fingerprint density at radius 1 is 1.56 bits per heavy atom. The van der Waals surface area contributed by atoms with Gasteiger partial charge in [-0.15, -0.1) is 0 Å². The van der Waals surface area contributed by atoms with Gasteiger partial charge in [0.05, 0.1) is 12.7 Å². The summed E-state index contributed by atoms with van der Waals surface area (Å²) in [6.45, 7) is 4.59. The third kappa shape index (κ3) is 4.33. The molecule has 0 aliphatic rings. The van der Waals surface area contributed by atoms with E-state index in [0.717, 1.165) is 0 Å². The number of nitrogens with zero attached hydrogens (tertiary/aromatic N) is 1. The van der Waals surface area contributed by atoms with Crippen molar-refractivity contribution in [3.8, 4) is 0 Å². The van der Waals surface area contributed by atoms with Gasteiger partial charge in [0, 0.05) is 12.7 Å². The van der Waals surface area contributed by atoms with Crippen LogP contribution in [0.3, 0.4) is 0 Å². The Hall–Kier alpha value is -1.62. The fourth-order valence-electron chi connectivity index (χ4n) is 1.48. The monoisotopic (exact) mass is 252 g/mol. The third-order valence-corrected chi connectivity index (χ3v) is 2.54. The zero-order chi connectivity index (χ0) is 13.4. The zero-order valence-corrected chi connectivity index (χ0v) is 10.8. The molecule has 0 saturated carbocycles. The van der Waals surface area contributed by atoms with Crippen LogP contribution in [0.15, 0.2) is 18.3 Å². The molecule has 0 aromatic carbocycles. The SMILES string of the molecule is CCOC(=O)c1cccnc1NCCC(O)CC. The van der Waals surface area contributed by atoms with Crippen LogP contribution in [0.25, 0.3) is 0 Å². The van der Waals surface area contributed by atoms with Gasteiger partial charge in [0.2, 0.25) is 0 Å². The van der Waals surface area contributed by atoms with Gasteiger partial charge in [-0.25, -0.2) is 9.78 Å². The largest absolute Gasteiger partial charge is 0.462 e. The first-order valence-electron chi connectivity index (χ1n) is 6.23. The van der Waals surface area contributed by atoms with E-state index in [0.29, 0.717) is 37.4 Å². The Balaban J connectivity index is 2.62. The minimum Gasteiger partial charge on any atom is -0.462 e. The van der Waals surface area contributed by atoms with E-state index in [-0.39, 0.29) is 12.1 Å². The Kier molecular flexibility index (Phi) is 6.14. The molecule has 0 fully saturated rings. The molecule has 1 atom stereocenters. The first-order chi connectivity index (χ1) is 8.69. The van der Waals surface area contributed by atoms with E-state index < -0.39 is 0 Å². The number of aliphatic hydroxyl groups excluding tert-OH is 1. The number of carbonyl (C=O) groups is 1. The lowest BCUT2D eigenvalue weighted by atomic mass is 10.2. The fourth-order valence-corrected chi connectivity index (χ4v) is 1.48. The normalized spacial score (nSPS) is 11.9. The van der Waals surface area contributed by atoms with Gasteiger partial charge >= 0.3 is 5.97 Å². The van der Waals surface area contributed by atoms with E-state index in [9.17, 15) is 9.90 Å². The van der Waals surface area contributed by atoms with Crippen molar-refractivity contribution >= 4 is 11.8 Å². The molecule has 18 heavy (non-hydrogen) atoms. The molecule has 0 aliphatic heterocycles. The molecule has 0 saturated heterocycles. The highest BCUT2D eigenvalue weighted by Crippen LogP contribution is 2.13. The molecule has 0 bridgehead atoms. The van der Waals surface area contributed by atoms with Crippen LogP contribution in [0, 0.1) is 0 Å². The molecule has 0 amide bonds. The number of aliphatic hydroxyl groups is 1. The molecule has 0 radical (unpaired) electrons. The van der Waals surface area contributed by atoms with E-state index in [4.69, 9.17) is 4.74 Å². The van der Waals surface area contributed by atoms with Gasteiger partial charge in [-0.2, -0.15) is 0 Å². The molecular weight excluding hydrogens is 232 g/mol. The molecule has 1 rings (SSSR count). The minimum absolute atomic E-state index is 0.327. The maximum atomic E-state index is 11.7. The summed E-state index contributed by atoms with van der Waals surface area (Å²) >= 11 is 0. The number of hydrogen-bond acceptors (Lipinski definition) is 5. The number of carbonyl (C=O) groups excluding carboxylic acids is 1.